The van der Waals surface area contributed by atoms with Crippen LogP contribution in [0.1, 0.15) is 5.01 Å². The molecule has 5 nitrogen and oxygen atoms in total. The van der Waals surface area contributed by atoms with Crippen LogP contribution in [0, 0.1) is 6.92 Å². The number of carboxylic acid groups (broad SMARTS) is 1. The highest BCUT2D eigenvalue weighted by atomic mass is 35.5. The van der Waals surface area contributed by atoms with Crippen LogP contribution in [-0.4, -0.2) is 23.3 Å². The van der Waals surface area contributed by atoms with E-state index in [4.69, 9.17) is 21.4 Å². The van der Waals surface area contributed by atoms with Gasteiger partial charge in [-0.3, -0.25) is 5.32 Å². The fourth-order valence-electron chi connectivity index (χ4n) is 1.66. The van der Waals surface area contributed by atoms with Crippen LogP contribution < -0.4 is 10.1 Å². The van der Waals surface area contributed by atoms with Crippen molar-refractivity contribution in [1.82, 2.24) is 4.98 Å². The lowest BCUT2D eigenvalue weighted by Crippen LogP contribution is -2.06. The number of ether oxygens (including phenoxy) is 1. The van der Waals surface area contributed by atoms with Crippen molar-refractivity contribution in [3.05, 3.63) is 28.2 Å². The lowest BCUT2D eigenvalue weighted by atomic mass is 10.1. The first-order valence-electron chi connectivity index (χ1n) is 5.32. The lowest BCUT2D eigenvalue weighted by molar-refractivity contribution is 0.210. The average molecular weight is 299 g/mol. The highest BCUT2D eigenvalue weighted by Crippen LogP contribution is 2.39. The van der Waals surface area contributed by atoms with Crippen molar-refractivity contribution >= 4 is 34.0 Å². The summed E-state index contributed by atoms with van der Waals surface area (Å²) in [5.41, 5.74) is 1.17. The van der Waals surface area contributed by atoms with Gasteiger partial charge in [-0.15, -0.1) is 11.3 Å². The molecular weight excluding hydrogens is 288 g/mol. The van der Waals surface area contributed by atoms with Gasteiger partial charge in [0, 0.05) is 10.6 Å². The van der Waals surface area contributed by atoms with E-state index in [-0.39, 0.29) is 0 Å². The largest absolute Gasteiger partial charge is 0.496 e. The van der Waals surface area contributed by atoms with Crippen LogP contribution in [0.2, 0.25) is 5.02 Å². The summed E-state index contributed by atoms with van der Waals surface area (Å²) in [5.74, 6) is 0.586. The Hall–Kier alpha value is -1.79. The maximum absolute atomic E-state index is 10.8. The molecule has 0 aliphatic rings. The van der Waals surface area contributed by atoms with Crippen LogP contribution in [0.15, 0.2) is 18.2 Å². The minimum Gasteiger partial charge on any atom is -0.496 e. The molecule has 1 aromatic carbocycles. The molecule has 1 amide bonds. The number of aromatic nitrogens is 1. The third kappa shape index (κ3) is 2.97. The first kappa shape index (κ1) is 13.6. The summed E-state index contributed by atoms with van der Waals surface area (Å²) in [6.45, 7) is 1.80. The van der Waals surface area contributed by atoms with Crippen LogP contribution in [0.3, 0.4) is 0 Å². The van der Waals surface area contributed by atoms with E-state index < -0.39 is 6.09 Å². The molecule has 19 heavy (non-hydrogen) atoms. The highest BCUT2D eigenvalue weighted by Gasteiger charge is 2.17. The maximum Gasteiger partial charge on any atom is 0.409 e. The number of rotatable bonds is 3. The van der Waals surface area contributed by atoms with Gasteiger partial charge >= 0.3 is 6.09 Å². The fourth-order valence-corrected chi connectivity index (χ4v) is 2.65. The molecule has 0 spiro atoms. The number of halogens is 1. The summed E-state index contributed by atoms with van der Waals surface area (Å²) < 4.78 is 5.25. The summed E-state index contributed by atoms with van der Waals surface area (Å²) in [6, 6.07) is 5.12. The van der Waals surface area contributed by atoms with E-state index in [1.165, 1.54) is 18.4 Å². The molecule has 0 aliphatic heterocycles. The van der Waals surface area contributed by atoms with Crippen LogP contribution >= 0.6 is 22.9 Å². The van der Waals surface area contributed by atoms with Gasteiger partial charge in [-0.05, 0) is 25.1 Å². The minimum atomic E-state index is -1.13. The topological polar surface area (TPSA) is 71.5 Å². The predicted octanol–water partition coefficient (Wildman–Crippen LogP) is 3.87. The normalized spacial score (nSPS) is 10.3. The molecule has 0 unspecified atom stereocenters. The Balaban J connectivity index is 2.57. The number of anilines is 1. The Labute approximate surface area is 118 Å². The van der Waals surface area contributed by atoms with E-state index in [1.807, 2.05) is 0 Å². The quantitative estimate of drug-likeness (QED) is 0.902. The minimum absolute atomic E-state index is 0.450. The molecule has 0 atom stereocenters. The number of amides is 1. The molecule has 1 aromatic heterocycles. The SMILES string of the molecule is COc1ccc(Cl)cc1-c1nc(C)sc1NC(=O)O. The smallest absolute Gasteiger partial charge is 0.409 e. The van der Waals surface area contributed by atoms with E-state index in [1.54, 1.807) is 25.1 Å². The van der Waals surface area contributed by atoms with Crippen molar-refractivity contribution in [2.24, 2.45) is 0 Å². The van der Waals surface area contributed by atoms with Crippen molar-refractivity contribution < 1.29 is 14.6 Å². The summed E-state index contributed by atoms with van der Waals surface area (Å²) in [4.78, 5) is 15.1. The first-order chi connectivity index (χ1) is 9.01. The number of hydrogen-bond acceptors (Lipinski definition) is 4. The molecule has 2 rings (SSSR count). The van der Waals surface area contributed by atoms with Crippen molar-refractivity contribution in [3.63, 3.8) is 0 Å². The number of hydrogen-bond donors (Lipinski definition) is 2. The van der Waals surface area contributed by atoms with E-state index in [9.17, 15) is 4.79 Å². The van der Waals surface area contributed by atoms with Gasteiger partial charge < -0.3 is 9.84 Å². The highest BCUT2D eigenvalue weighted by molar-refractivity contribution is 7.16. The van der Waals surface area contributed by atoms with Crippen LogP contribution in [-0.2, 0) is 0 Å². The van der Waals surface area contributed by atoms with E-state index in [0.29, 0.717) is 27.0 Å². The molecular formula is C12H11ClN2O3S. The van der Waals surface area contributed by atoms with Crippen molar-refractivity contribution in [1.29, 1.82) is 0 Å². The summed E-state index contributed by atoms with van der Waals surface area (Å²) >= 11 is 7.23. The summed E-state index contributed by atoms with van der Waals surface area (Å²) in [5, 5.41) is 12.9. The zero-order valence-corrected chi connectivity index (χ0v) is 11.8. The van der Waals surface area contributed by atoms with Gasteiger partial charge in [0.05, 0.1) is 12.1 Å². The second kappa shape index (κ2) is 5.46. The number of nitrogens with zero attached hydrogens (tertiary/aromatic N) is 1. The predicted molar refractivity (Wildman–Crippen MR) is 75.5 cm³/mol. The third-order valence-corrected chi connectivity index (χ3v) is 3.49. The molecule has 2 N–H and O–H groups in total. The number of thiazole rings is 1. The molecule has 0 bridgehead atoms. The van der Waals surface area contributed by atoms with E-state index in [2.05, 4.69) is 10.3 Å². The lowest BCUT2D eigenvalue weighted by Gasteiger charge is -2.08. The molecule has 100 valence electrons. The van der Waals surface area contributed by atoms with Crippen LogP contribution in [0.25, 0.3) is 11.3 Å². The van der Waals surface area contributed by atoms with Gasteiger partial charge in [0.1, 0.15) is 16.4 Å². The second-order valence-electron chi connectivity index (χ2n) is 3.69. The van der Waals surface area contributed by atoms with Crippen molar-refractivity contribution in [2.45, 2.75) is 6.92 Å². The molecule has 7 heteroatoms. The Kier molecular flexibility index (Phi) is 3.92. The van der Waals surface area contributed by atoms with Crippen LogP contribution in [0.4, 0.5) is 9.80 Å². The van der Waals surface area contributed by atoms with E-state index in [0.717, 1.165) is 5.01 Å². The zero-order chi connectivity index (χ0) is 14.0. The Morgan fingerprint density at radius 1 is 1.53 bits per heavy atom. The molecule has 0 fully saturated rings. The molecule has 0 saturated carbocycles. The van der Waals surface area contributed by atoms with Gasteiger partial charge in [0.2, 0.25) is 0 Å². The number of aryl methyl sites for hydroxylation is 1. The van der Waals surface area contributed by atoms with Gasteiger partial charge in [0.25, 0.3) is 0 Å². The van der Waals surface area contributed by atoms with Crippen molar-refractivity contribution in [3.8, 4) is 17.0 Å². The van der Waals surface area contributed by atoms with Gasteiger partial charge in [-0.25, -0.2) is 9.78 Å². The summed E-state index contributed by atoms with van der Waals surface area (Å²) in [7, 11) is 1.54. The standard InChI is InChI=1S/C12H11ClN2O3S/c1-6-14-10(11(19-6)15-12(16)17)8-5-7(13)3-4-9(8)18-2/h3-5,15H,1-2H3,(H,16,17). The number of carbonyl (C=O) groups is 1. The molecule has 0 radical (unpaired) electrons. The van der Waals surface area contributed by atoms with Gasteiger partial charge in [-0.2, -0.15) is 0 Å². The number of methoxy groups -OCH3 is 1. The first-order valence-corrected chi connectivity index (χ1v) is 6.52. The maximum atomic E-state index is 10.8. The number of nitrogens with one attached hydrogen (secondary N) is 1. The van der Waals surface area contributed by atoms with Gasteiger partial charge in [0.15, 0.2) is 0 Å². The molecule has 0 saturated heterocycles. The fraction of sp³-hybridized carbons (Fsp3) is 0.167. The van der Waals surface area contributed by atoms with E-state index >= 15 is 0 Å². The average Bonchev–Trinajstić information content (AvgIpc) is 2.69. The van der Waals surface area contributed by atoms with Gasteiger partial charge in [-0.1, -0.05) is 11.6 Å². The third-order valence-electron chi connectivity index (χ3n) is 2.37. The Morgan fingerprint density at radius 3 is 2.89 bits per heavy atom. The Morgan fingerprint density at radius 2 is 2.26 bits per heavy atom. The second-order valence-corrected chi connectivity index (χ2v) is 5.33. The molecule has 0 aliphatic carbocycles. The molecule has 1 heterocycles. The zero-order valence-electron chi connectivity index (χ0n) is 10.2. The summed E-state index contributed by atoms with van der Waals surface area (Å²) in [6.07, 6.45) is -1.13. The Bertz CT molecular complexity index is 627. The van der Waals surface area contributed by atoms with Crippen LogP contribution in [0.5, 0.6) is 5.75 Å². The monoisotopic (exact) mass is 298 g/mol. The van der Waals surface area contributed by atoms with Crippen molar-refractivity contribution in [2.75, 3.05) is 12.4 Å². The number of benzene rings is 1. The molecule has 2 aromatic rings.